The highest BCUT2D eigenvalue weighted by Gasteiger charge is 2.30. The van der Waals surface area contributed by atoms with Crippen molar-refractivity contribution in [1.82, 2.24) is 19.8 Å². The largest absolute Gasteiger partial charge is 0.493 e. The molecular weight excluding hydrogens is 380 g/mol. The van der Waals surface area contributed by atoms with Crippen LogP contribution in [-0.2, 0) is 18.3 Å². The number of ether oxygens (including phenoxy) is 2. The molecule has 2 aromatic rings. The van der Waals surface area contributed by atoms with Crippen molar-refractivity contribution in [2.75, 3.05) is 33.4 Å². The molecule has 0 radical (unpaired) electrons. The molecule has 1 saturated heterocycles. The molecule has 3 rings (SSSR count). The fourth-order valence-electron chi connectivity index (χ4n) is 3.28. The Labute approximate surface area is 171 Å². The number of aromatic nitrogens is 2. The van der Waals surface area contributed by atoms with E-state index in [-0.39, 0.29) is 31.0 Å². The molecule has 1 N–H and O–H groups in total. The van der Waals surface area contributed by atoms with Gasteiger partial charge in [-0.15, -0.1) is 19.0 Å². The van der Waals surface area contributed by atoms with E-state index in [0.717, 1.165) is 24.4 Å². The van der Waals surface area contributed by atoms with Gasteiger partial charge in [-0.25, -0.2) is 4.98 Å². The van der Waals surface area contributed by atoms with Gasteiger partial charge in [0.1, 0.15) is 11.9 Å². The van der Waals surface area contributed by atoms with Gasteiger partial charge in [0.2, 0.25) is 0 Å². The predicted octanol–water partition coefficient (Wildman–Crippen LogP) is 2.13. The van der Waals surface area contributed by atoms with Crippen molar-refractivity contribution < 1.29 is 14.3 Å². The SMILES string of the molecule is C=CCc1ccc(OCC(=O)N2CCNCC2c2nccn2C)c(OC)c1.Cl. The third-order valence-electron chi connectivity index (χ3n) is 4.68. The maximum Gasteiger partial charge on any atom is 0.261 e. The van der Waals surface area contributed by atoms with Gasteiger partial charge in [0.25, 0.3) is 5.91 Å². The molecule has 1 aromatic carbocycles. The molecule has 1 aliphatic rings. The van der Waals surface area contributed by atoms with Crippen LogP contribution in [0.1, 0.15) is 17.4 Å². The number of allylic oxidation sites excluding steroid dienone is 1. The first kappa shape index (κ1) is 21.8. The van der Waals surface area contributed by atoms with Gasteiger partial charge in [-0.05, 0) is 24.1 Å². The van der Waals surface area contributed by atoms with Crippen LogP contribution in [0.25, 0.3) is 0 Å². The third-order valence-corrected chi connectivity index (χ3v) is 4.68. The minimum atomic E-state index is -0.105. The van der Waals surface area contributed by atoms with Gasteiger partial charge >= 0.3 is 0 Å². The third kappa shape index (κ3) is 4.85. The minimum Gasteiger partial charge on any atom is -0.493 e. The number of hydrogen-bond donors (Lipinski definition) is 1. The topological polar surface area (TPSA) is 68.6 Å². The van der Waals surface area contributed by atoms with E-state index in [0.29, 0.717) is 24.6 Å². The molecule has 0 spiro atoms. The van der Waals surface area contributed by atoms with Crippen LogP contribution in [0, 0.1) is 0 Å². The lowest BCUT2D eigenvalue weighted by Gasteiger charge is -2.35. The Morgan fingerprint density at radius 1 is 1.43 bits per heavy atom. The number of amides is 1. The zero-order chi connectivity index (χ0) is 19.2. The number of imidazole rings is 1. The molecule has 1 unspecified atom stereocenters. The molecule has 28 heavy (non-hydrogen) atoms. The molecule has 7 nitrogen and oxygen atoms in total. The van der Waals surface area contributed by atoms with Gasteiger partial charge in [0, 0.05) is 39.1 Å². The molecule has 1 atom stereocenters. The van der Waals surface area contributed by atoms with E-state index in [2.05, 4.69) is 16.9 Å². The minimum absolute atomic E-state index is 0. The molecule has 1 amide bonds. The molecule has 1 fully saturated rings. The zero-order valence-electron chi connectivity index (χ0n) is 16.3. The average Bonchev–Trinajstić information content (AvgIpc) is 3.12. The summed E-state index contributed by atoms with van der Waals surface area (Å²) in [6.07, 6.45) is 6.22. The van der Waals surface area contributed by atoms with Crippen molar-refractivity contribution in [3.05, 3.63) is 54.6 Å². The van der Waals surface area contributed by atoms with Crippen molar-refractivity contribution in [2.45, 2.75) is 12.5 Å². The summed E-state index contributed by atoms with van der Waals surface area (Å²) < 4.78 is 13.1. The maximum absolute atomic E-state index is 12.8. The quantitative estimate of drug-likeness (QED) is 0.713. The van der Waals surface area contributed by atoms with Crippen molar-refractivity contribution in [3.8, 4) is 11.5 Å². The standard InChI is InChI=1S/C20H26N4O3.ClH/c1-4-5-15-6-7-17(18(12-15)26-3)27-14-19(25)24-11-8-21-13-16(24)20-22-9-10-23(20)2;/h4,6-7,9-10,12,16,21H,1,5,8,11,13-14H2,2-3H3;1H. The van der Waals surface area contributed by atoms with Crippen LogP contribution in [0.4, 0.5) is 0 Å². The van der Waals surface area contributed by atoms with E-state index >= 15 is 0 Å². The monoisotopic (exact) mass is 406 g/mol. The number of aryl methyl sites for hydroxylation is 1. The van der Waals surface area contributed by atoms with Crippen LogP contribution in [0.3, 0.4) is 0 Å². The highest BCUT2D eigenvalue weighted by atomic mass is 35.5. The summed E-state index contributed by atoms with van der Waals surface area (Å²) >= 11 is 0. The van der Waals surface area contributed by atoms with Crippen molar-refractivity contribution in [3.63, 3.8) is 0 Å². The number of hydrogen-bond acceptors (Lipinski definition) is 5. The summed E-state index contributed by atoms with van der Waals surface area (Å²) in [6.45, 7) is 5.75. The molecular formula is C20H27ClN4O3. The fraction of sp³-hybridized carbons (Fsp3) is 0.400. The first-order chi connectivity index (χ1) is 13.1. The van der Waals surface area contributed by atoms with Crippen molar-refractivity contribution >= 4 is 18.3 Å². The van der Waals surface area contributed by atoms with Gasteiger partial charge in [-0.2, -0.15) is 0 Å². The van der Waals surface area contributed by atoms with Gasteiger partial charge < -0.3 is 24.3 Å². The van der Waals surface area contributed by atoms with E-state index < -0.39 is 0 Å². The van der Waals surface area contributed by atoms with E-state index in [9.17, 15) is 4.79 Å². The number of piperazine rings is 1. The molecule has 152 valence electrons. The highest BCUT2D eigenvalue weighted by molar-refractivity contribution is 5.85. The van der Waals surface area contributed by atoms with Crippen LogP contribution < -0.4 is 14.8 Å². The summed E-state index contributed by atoms with van der Waals surface area (Å²) in [6, 6.07) is 5.58. The predicted molar refractivity (Wildman–Crippen MR) is 110 cm³/mol. The molecule has 1 aromatic heterocycles. The van der Waals surface area contributed by atoms with Crippen molar-refractivity contribution in [2.24, 2.45) is 7.05 Å². The van der Waals surface area contributed by atoms with Gasteiger partial charge in [-0.3, -0.25) is 4.79 Å². The Hall–Kier alpha value is -2.51. The normalized spacial score (nSPS) is 16.2. The second-order valence-corrected chi connectivity index (χ2v) is 6.47. The molecule has 1 aliphatic heterocycles. The Kier molecular flexibility index (Phi) is 7.90. The van der Waals surface area contributed by atoms with Gasteiger partial charge in [0.15, 0.2) is 18.1 Å². The lowest BCUT2D eigenvalue weighted by atomic mass is 10.1. The summed E-state index contributed by atoms with van der Waals surface area (Å²) in [4.78, 5) is 19.1. The summed E-state index contributed by atoms with van der Waals surface area (Å²) in [5.41, 5.74) is 1.08. The Balaban J connectivity index is 0.00000280. The fourth-order valence-corrected chi connectivity index (χ4v) is 3.28. The molecule has 2 heterocycles. The smallest absolute Gasteiger partial charge is 0.261 e. The second-order valence-electron chi connectivity index (χ2n) is 6.47. The second kappa shape index (κ2) is 10.1. The van der Waals surface area contributed by atoms with E-state index in [1.54, 1.807) is 13.3 Å². The molecule has 0 aliphatic carbocycles. The Bertz CT molecular complexity index is 808. The van der Waals surface area contributed by atoms with E-state index in [1.807, 2.05) is 47.0 Å². The van der Waals surface area contributed by atoms with E-state index in [1.165, 1.54) is 0 Å². The van der Waals surface area contributed by atoms with Gasteiger partial charge in [-0.1, -0.05) is 12.1 Å². The number of nitrogens with one attached hydrogen (secondary N) is 1. The molecule has 0 saturated carbocycles. The number of rotatable bonds is 7. The number of nitrogens with zero attached hydrogens (tertiary/aromatic N) is 3. The zero-order valence-corrected chi connectivity index (χ0v) is 17.1. The number of methoxy groups -OCH3 is 1. The molecule has 0 bridgehead atoms. The summed E-state index contributed by atoms with van der Waals surface area (Å²) in [5, 5.41) is 3.33. The van der Waals surface area contributed by atoms with Gasteiger partial charge in [0.05, 0.1) is 7.11 Å². The maximum atomic E-state index is 12.8. The van der Waals surface area contributed by atoms with Crippen LogP contribution in [-0.4, -0.2) is 53.7 Å². The van der Waals surface area contributed by atoms with Crippen LogP contribution in [0.5, 0.6) is 11.5 Å². The first-order valence-electron chi connectivity index (χ1n) is 9.02. The number of carbonyl (C=O) groups excluding carboxylic acids is 1. The Morgan fingerprint density at radius 2 is 2.25 bits per heavy atom. The average molecular weight is 407 g/mol. The summed E-state index contributed by atoms with van der Waals surface area (Å²) in [7, 11) is 3.53. The molecule has 8 heteroatoms. The van der Waals surface area contributed by atoms with Crippen LogP contribution in [0.15, 0.2) is 43.2 Å². The Morgan fingerprint density at radius 3 is 2.93 bits per heavy atom. The first-order valence-corrected chi connectivity index (χ1v) is 9.02. The number of halogens is 1. The lowest BCUT2D eigenvalue weighted by molar-refractivity contribution is -0.137. The summed E-state index contributed by atoms with van der Waals surface area (Å²) in [5.74, 6) is 1.97. The van der Waals surface area contributed by atoms with Crippen LogP contribution >= 0.6 is 12.4 Å². The lowest BCUT2D eigenvalue weighted by Crippen LogP contribution is -2.50. The van der Waals surface area contributed by atoms with Crippen LogP contribution in [0.2, 0.25) is 0 Å². The number of carbonyl (C=O) groups is 1. The number of benzene rings is 1. The van der Waals surface area contributed by atoms with E-state index in [4.69, 9.17) is 9.47 Å². The highest BCUT2D eigenvalue weighted by Crippen LogP contribution is 2.29. The van der Waals surface area contributed by atoms with Crippen molar-refractivity contribution in [1.29, 1.82) is 0 Å².